The van der Waals surface area contributed by atoms with E-state index in [9.17, 15) is 13.6 Å². The second-order valence-corrected chi connectivity index (χ2v) is 1.60. The Kier molecular flexibility index (Phi) is 4.36. The molecule has 1 unspecified atom stereocenters. The third kappa shape index (κ3) is 2.63. The Morgan fingerprint density at radius 2 is 2.18 bits per heavy atom. The van der Waals surface area contributed by atoms with Crippen molar-refractivity contribution in [2.24, 2.45) is 0 Å². The number of hydrogen-bond donors (Lipinski definition) is 1. The van der Waals surface area contributed by atoms with Gasteiger partial charge in [0.05, 0.1) is 6.26 Å². The molecule has 3 nitrogen and oxygen atoms in total. The van der Waals surface area contributed by atoms with Crippen molar-refractivity contribution in [3.8, 4) is 0 Å². The number of alkyl halides is 2. The first-order valence-electron chi connectivity index (χ1n) is 2.80. The topological polar surface area (TPSA) is 46.5 Å². The Labute approximate surface area is 62.3 Å². The Bertz CT molecular complexity index is 156. The molecule has 1 N–H and O–H groups in total. The average molecular weight is 166 g/mol. The standard InChI is InChI=1S/C5H4F2O2.CH4O/c6-5(7)4-3(8)1-2-9-4;1-2/h1-2,4-5H;2H,1H3. The van der Waals surface area contributed by atoms with Crippen molar-refractivity contribution in [1.82, 2.24) is 0 Å². The number of hydrogen-bond acceptors (Lipinski definition) is 3. The van der Waals surface area contributed by atoms with Gasteiger partial charge in [0.25, 0.3) is 6.43 Å². The van der Waals surface area contributed by atoms with Crippen LogP contribution in [0.3, 0.4) is 0 Å². The maximum absolute atomic E-state index is 11.6. The van der Waals surface area contributed by atoms with Crippen molar-refractivity contribution in [3.63, 3.8) is 0 Å². The van der Waals surface area contributed by atoms with Gasteiger partial charge in [-0.25, -0.2) is 8.78 Å². The number of carbonyl (C=O) groups excluding carboxylic acids is 1. The van der Waals surface area contributed by atoms with Crippen molar-refractivity contribution in [3.05, 3.63) is 12.3 Å². The van der Waals surface area contributed by atoms with E-state index < -0.39 is 18.3 Å². The third-order valence-electron chi connectivity index (χ3n) is 0.967. The number of carbonyl (C=O) groups is 1. The number of ether oxygens (including phenoxy) is 1. The molecule has 0 aromatic heterocycles. The molecule has 1 aliphatic heterocycles. The van der Waals surface area contributed by atoms with Gasteiger partial charge in [-0.05, 0) is 0 Å². The normalized spacial score (nSPS) is 21.2. The lowest BCUT2D eigenvalue weighted by Crippen LogP contribution is -2.24. The van der Waals surface area contributed by atoms with Gasteiger partial charge >= 0.3 is 0 Å². The van der Waals surface area contributed by atoms with E-state index in [-0.39, 0.29) is 0 Å². The third-order valence-corrected chi connectivity index (χ3v) is 0.967. The summed E-state index contributed by atoms with van der Waals surface area (Å²) in [6.45, 7) is 0. The molecule has 5 heteroatoms. The molecule has 1 rings (SSSR count). The summed E-state index contributed by atoms with van der Waals surface area (Å²) in [6.07, 6.45) is -2.28. The van der Waals surface area contributed by atoms with E-state index in [1.807, 2.05) is 0 Å². The molecule has 0 aromatic carbocycles. The molecule has 1 aliphatic rings. The summed E-state index contributed by atoms with van der Waals surface area (Å²) in [5, 5.41) is 7.00. The maximum atomic E-state index is 11.6. The summed E-state index contributed by atoms with van der Waals surface area (Å²) < 4.78 is 27.5. The Morgan fingerprint density at radius 1 is 1.64 bits per heavy atom. The summed E-state index contributed by atoms with van der Waals surface area (Å²) >= 11 is 0. The smallest absolute Gasteiger partial charge is 0.282 e. The van der Waals surface area contributed by atoms with Crippen molar-refractivity contribution in [1.29, 1.82) is 0 Å². The van der Waals surface area contributed by atoms with Gasteiger partial charge in [0.2, 0.25) is 11.9 Å². The van der Waals surface area contributed by atoms with Crippen molar-refractivity contribution < 1.29 is 23.4 Å². The average Bonchev–Trinajstić information content (AvgIpc) is 2.39. The summed E-state index contributed by atoms with van der Waals surface area (Å²) in [5.41, 5.74) is 0. The highest BCUT2D eigenvalue weighted by molar-refractivity contribution is 5.95. The second kappa shape index (κ2) is 4.79. The number of aliphatic hydroxyl groups excluding tert-OH is 1. The van der Waals surface area contributed by atoms with Crippen LogP contribution < -0.4 is 0 Å². The molecule has 0 aliphatic carbocycles. The van der Waals surface area contributed by atoms with Crippen LogP contribution in [0.25, 0.3) is 0 Å². The van der Waals surface area contributed by atoms with Crippen LogP contribution in [0.5, 0.6) is 0 Å². The molecule has 64 valence electrons. The highest BCUT2D eigenvalue weighted by Gasteiger charge is 2.30. The summed E-state index contributed by atoms with van der Waals surface area (Å²) in [7, 11) is 1.00. The quantitative estimate of drug-likeness (QED) is 0.611. The minimum absolute atomic E-state index is 0.662. The summed E-state index contributed by atoms with van der Waals surface area (Å²) in [5.74, 6) is -0.662. The predicted molar refractivity (Wildman–Crippen MR) is 33.2 cm³/mol. The molecule has 0 saturated heterocycles. The van der Waals surface area contributed by atoms with Gasteiger partial charge in [-0.1, -0.05) is 0 Å². The molecule has 0 radical (unpaired) electrons. The fourth-order valence-corrected chi connectivity index (χ4v) is 0.536. The lowest BCUT2D eigenvalue weighted by Gasteiger charge is -2.04. The predicted octanol–water partition coefficient (Wildman–Crippen LogP) is 0.342. The van der Waals surface area contributed by atoms with E-state index in [0.717, 1.165) is 19.4 Å². The van der Waals surface area contributed by atoms with E-state index >= 15 is 0 Å². The molecule has 0 spiro atoms. The molecule has 0 amide bonds. The van der Waals surface area contributed by atoms with Gasteiger partial charge in [-0.2, -0.15) is 0 Å². The zero-order chi connectivity index (χ0) is 8.85. The number of aliphatic hydroxyl groups is 1. The fourth-order valence-electron chi connectivity index (χ4n) is 0.536. The molecule has 0 bridgehead atoms. The van der Waals surface area contributed by atoms with Gasteiger partial charge in [0.1, 0.15) is 0 Å². The number of rotatable bonds is 1. The van der Waals surface area contributed by atoms with Gasteiger partial charge in [0, 0.05) is 13.2 Å². The van der Waals surface area contributed by atoms with Crippen molar-refractivity contribution >= 4 is 5.78 Å². The maximum Gasteiger partial charge on any atom is 0.282 e. The molecule has 0 fully saturated rings. The lowest BCUT2D eigenvalue weighted by molar-refractivity contribution is -0.127. The minimum Gasteiger partial charge on any atom is -0.484 e. The first-order valence-corrected chi connectivity index (χ1v) is 2.80. The van der Waals surface area contributed by atoms with Crippen LogP contribution in [0.1, 0.15) is 0 Å². The Balaban J connectivity index is 0.000000461. The molecule has 0 saturated carbocycles. The van der Waals surface area contributed by atoms with E-state index in [4.69, 9.17) is 5.11 Å². The zero-order valence-corrected chi connectivity index (χ0v) is 5.83. The van der Waals surface area contributed by atoms with Crippen LogP contribution in [0.4, 0.5) is 8.78 Å². The highest BCUT2D eigenvalue weighted by Crippen LogP contribution is 2.12. The van der Waals surface area contributed by atoms with Crippen LogP contribution in [-0.4, -0.2) is 30.5 Å². The minimum atomic E-state index is -2.72. The fraction of sp³-hybridized carbons (Fsp3) is 0.500. The molecule has 0 aromatic rings. The molecule has 1 heterocycles. The van der Waals surface area contributed by atoms with E-state index in [2.05, 4.69) is 4.74 Å². The highest BCUT2D eigenvalue weighted by atomic mass is 19.3. The van der Waals surface area contributed by atoms with Crippen molar-refractivity contribution in [2.75, 3.05) is 7.11 Å². The molecular formula is C6H8F2O3. The molecular weight excluding hydrogens is 158 g/mol. The summed E-state index contributed by atoms with van der Waals surface area (Å²) in [6, 6.07) is 0. The van der Waals surface area contributed by atoms with Gasteiger partial charge in [0.15, 0.2) is 0 Å². The van der Waals surface area contributed by atoms with E-state index in [0.29, 0.717) is 0 Å². The number of ketones is 1. The first kappa shape index (κ1) is 10.0. The van der Waals surface area contributed by atoms with Crippen LogP contribution >= 0.6 is 0 Å². The Hall–Kier alpha value is -0.970. The van der Waals surface area contributed by atoms with Crippen LogP contribution in [0.15, 0.2) is 12.3 Å². The lowest BCUT2D eigenvalue weighted by atomic mass is 10.3. The number of halogens is 2. The summed E-state index contributed by atoms with van der Waals surface area (Å²) in [4.78, 5) is 10.3. The van der Waals surface area contributed by atoms with Crippen LogP contribution in [0, 0.1) is 0 Å². The van der Waals surface area contributed by atoms with Crippen LogP contribution in [-0.2, 0) is 9.53 Å². The SMILES string of the molecule is CO.O=C1C=COC1C(F)F. The van der Waals surface area contributed by atoms with Gasteiger partial charge < -0.3 is 9.84 Å². The van der Waals surface area contributed by atoms with Crippen molar-refractivity contribution in [2.45, 2.75) is 12.5 Å². The Morgan fingerprint density at radius 3 is 2.36 bits per heavy atom. The van der Waals surface area contributed by atoms with Crippen LogP contribution in [0.2, 0.25) is 0 Å². The van der Waals surface area contributed by atoms with Gasteiger partial charge in [-0.3, -0.25) is 4.79 Å². The van der Waals surface area contributed by atoms with Gasteiger partial charge in [-0.15, -0.1) is 0 Å². The van der Waals surface area contributed by atoms with E-state index in [1.54, 1.807) is 0 Å². The monoisotopic (exact) mass is 166 g/mol. The molecule has 1 atom stereocenters. The largest absolute Gasteiger partial charge is 0.484 e. The van der Waals surface area contributed by atoms with E-state index in [1.165, 1.54) is 0 Å². The zero-order valence-electron chi connectivity index (χ0n) is 5.83. The second-order valence-electron chi connectivity index (χ2n) is 1.60. The molecule has 11 heavy (non-hydrogen) atoms. The first-order chi connectivity index (χ1) is 5.22.